The molecule has 1 rings (SSSR count). The molecule has 1 atom stereocenters. The van der Waals surface area contributed by atoms with Gasteiger partial charge >= 0.3 is 0 Å². The Morgan fingerprint density at radius 3 is 2.57 bits per heavy atom. The van der Waals surface area contributed by atoms with Crippen molar-refractivity contribution in [3.05, 3.63) is 24.2 Å². The lowest BCUT2D eigenvalue weighted by atomic mass is 10.1. The number of rotatable bonds is 8. The second kappa shape index (κ2) is 10.9. The van der Waals surface area contributed by atoms with E-state index < -0.39 is 0 Å². The molecule has 0 aliphatic carbocycles. The number of ether oxygens (including phenoxy) is 1. The molecule has 0 radical (unpaired) electrons. The molecule has 134 valence electrons. The van der Waals surface area contributed by atoms with Crippen LogP contribution in [0.15, 0.2) is 27.8 Å². The highest BCUT2D eigenvalue weighted by atomic mass is 127. The topological polar surface area (TPSA) is 62.0 Å². The van der Waals surface area contributed by atoms with Gasteiger partial charge in [-0.25, -0.2) is 0 Å². The molecule has 23 heavy (non-hydrogen) atoms. The molecular formula is C16H31IN4O2. The van der Waals surface area contributed by atoms with E-state index in [-0.39, 0.29) is 35.6 Å². The van der Waals surface area contributed by atoms with Crippen molar-refractivity contribution in [1.29, 1.82) is 0 Å². The zero-order chi connectivity index (χ0) is 16.6. The predicted molar refractivity (Wildman–Crippen MR) is 106 cm³/mol. The quantitative estimate of drug-likeness (QED) is 0.371. The van der Waals surface area contributed by atoms with E-state index in [0.29, 0.717) is 13.1 Å². The van der Waals surface area contributed by atoms with Crippen LogP contribution in [0.5, 0.6) is 0 Å². The second-order valence-electron chi connectivity index (χ2n) is 6.03. The number of nitrogens with one attached hydrogen (secondary N) is 2. The maximum Gasteiger partial charge on any atom is 0.191 e. The summed E-state index contributed by atoms with van der Waals surface area (Å²) in [6.07, 6.45) is 1.70. The molecule has 7 heteroatoms. The maximum atomic E-state index is 5.52. The SMILES string of the molecule is CCNC(=NCC(C)(C)OC)NCC(c1ccco1)N(C)C.I. The van der Waals surface area contributed by atoms with Gasteiger partial charge in [-0.3, -0.25) is 9.89 Å². The number of methoxy groups -OCH3 is 1. The first-order valence-corrected chi connectivity index (χ1v) is 7.66. The Kier molecular flexibility index (Phi) is 10.5. The molecule has 0 aromatic carbocycles. The maximum absolute atomic E-state index is 5.52. The molecule has 0 aliphatic rings. The molecule has 1 aromatic heterocycles. The van der Waals surface area contributed by atoms with Gasteiger partial charge in [-0.1, -0.05) is 0 Å². The van der Waals surface area contributed by atoms with Gasteiger partial charge in [-0.2, -0.15) is 0 Å². The normalized spacial score (nSPS) is 13.6. The van der Waals surface area contributed by atoms with Gasteiger partial charge in [0.2, 0.25) is 0 Å². The molecule has 0 fully saturated rings. The average molecular weight is 438 g/mol. The number of hydrogen-bond donors (Lipinski definition) is 2. The van der Waals surface area contributed by atoms with Crippen molar-refractivity contribution in [1.82, 2.24) is 15.5 Å². The summed E-state index contributed by atoms with van der Waals surface area (Å²) in [6.45, 7) is 8.20. The van der Waals surface area contributed by atoms with Crippen molar-refractivity contribution >= 4 is 29.9 Å². The highest BCUT2D eigenvalue weighted by Crippen LogP contribution is 2.17. The number of nitrogens with zero attached hydrogens (tertiary/aromatic N) is 2. The summed E-state index contributed by atoms with van der Waals surface area (Å²) < 4.78 is 10.9. The van der Waals surface area contributed by atoms with Crippen LogP contribution >= 0.6 is 24.0 Å². The van der Waals surface area contributed by atoms with Crippen LogP contribution in [0, 0.1) is 0 Å². The Labute approximate surface area is 157 Å². The molecule has 1 heterocycles. The van der Waals surface area contributed by atoms with E-state index in [1.165, 1.54) is 0 Å². The fourth-order valence-electron chi connectivity index (χ4n) is 1.89. The Morgan fingerprint density at radius 2 is 2.09 bits per heavy atom. The van der Waals surface area contributed by atoms with Crippen molar-refractivity contribution in [2.45, 2.75) is 32.4 Å². The molecule has 1 aromatic rings. The van der Waals surface area contributed by atoms with E-state index in [1.54, 1.807) is 13.4 Å². The van der Waals surface area contributed by atoms with Gasteiger partial charge in [0.25, 0.3) is 0 Å². The molecule has 2 N–H and O–H groups in total. The van der Waals surface area contributed by atoms with E-state index in [2.05, 4.69) is 27.4 Å². The smallest absolute Gasteiger partial charge is 0.191 e. The van der Waals surface area contributed by atoms with Crippen LogP contribution < -0.4 is 10.6 Å². The van der Waals surface area contributed by atoms with Crippen LogP contribution in [0.3, 0.4) is 0 Å². The number of likely N-dealkylation sites (N-methyl/N-ethyl adjacent to an activating group) is 1. The number of furan rings is 1. The van der Waals surface area contributed by atoms with Gasteiger partial charge in [0.15, 0.2) is 5.96 Å². The third-order valence-electron chi connectivity index (χ3n) is 3.47. The minimum absolute atomic E-state index is 0. The first-order chi connectivity index (χ1) is 10.4. The van der Waals surface area contributed by atoms with Crippen LogP contribution in [0.25, 0.3) is 0 Å². The van der Waals surface area contributed by atoms with Crippen LogP contribution in [0.2, 0.25) is 0 Å². The molecule has 0 saturated carbocycles. The zero-order valence-electron chi connectivity index (χ0n) is 15.0. The molecule has 0 aliphatic heterocycles. The number of guanidine groups is 1. The summed E-state index contributed by atoms with van der Waals surface area (Å²) in [4.78, 5) is 6.71. The summed E-state index contributed by atoms with van der Waals surface area (Å²) in [6, 6.07) is 4.05. The van der Waals surface area contributed by atoms with Crippen LogP contribution in [-0.2, 0) is 4.74 Å². The second-order valence-corrected chi connectivity index (χ2v) is 6.03. The van der Waals surface area contributed by atoms with E-state index in [4.69, 9.17) is 9.15 Å². The Bertz CT molecular complexity index is 447. The summed E-state index contributed by atoms with van der Waals surface area (Å²) in [5.41, 5.74) is -0.273. The summed E-state index contributed by atoms with van der Waals surface area (Å²) in [5.74, 6) is 1.72. The van der Waals surface area contributed by atoms with E-state index in [9.17, 15) is 0 Å². The molecule has 0 bridgehead atoms. The fraction of sp³-hybridized carbons (Fsp3) is 0.688. The molecule has 6 nitrogen and oxygen atoms in total. The van der Waals surface area contributed by atoms with Crippen molar-refractivity contribution in [3.63, 3.8) is 0 Å². The Hall–Kier alpha value is -0.800. The molecular weight excluding hydrogens is 407 g/mol. The first kappa shape index (κ1) is 22.2. The van der Waals surface area contributed by atoms with Gasteiger partial charge in [-0.05, 0) is 47.0 Å². The van der Waals surface area contributed by atoms with Crippen molar-refractivity contribution in [3.8, 4) is 0 Å². The summed E-state index contributed by atoms with van der Waals surface area (Å²) >= 11 is 0. The van der Waals surface area contributed by atoms with E-state index in [1.807, 2.05) is 40.1 Å². The lowest BCUT2D eigenvalue weighted by Crippen LogP contribution is -2.42. The van der Waals surface area contributed by atoms with Gasteiger partial charge in [-0.15, -0.1) is 24.0 Å². The minimum atomic E-state index is -0.273. The monoisotopic (exact) mass is 438 g/mol. The molecule has 0 spiro atoms. The lowest BCUT2D eigenvalue weighted by Gasteiger charge is -2.25. The minimum Gasteiger partial charge on any atom is -0.468 e. The summed E-state index contributed by atoms with van der Waals surface area (Å²) in [5, 5.41) is 6.62. The largest absolute Gasteiger partial charge is 0.468 e. The van der Waals surface area contributed by atoms with Crippen molar-refractivity contribution < 1.29 is 9.15 Å². The first-order valence-electron chi connectivity index (χ1n) is 7.66. The van der Waals surface area contributed by atoms with Gasteiger partial charge in [0.05, 0.1) is 24.5 Å². The standard InChI is InChI=1S/C16H30N4O2.HI/c1-7-17-15(19-12-16(2,3)21-6)18-11-13(20(4)5)14-9-8-10-22-14;/h8-10,13H,7,11-12H2,1-6H3,(H2,17,18,19);1H. The lowest BCUT2D eigenvalue weighted by molar-refractivity contribution is 0.0310. The molecule has 0 saturated heterocycles. The van der Waals surface area contributed by atoms with Gasteiger partial charge in [0, 0.05) is 20.2 Å². The Morgan fingerprint density at radius 1 is 1.39 bits per heavy atom. The molecule has 0 amide bonds. The van der Waals surface area contributed by atoms with E-state index >= 15 is 0 Å². The Balaban J connectivity index is 0.00000484. The number of hydrogen-bond acceptors (Lipinski definition) is 4. The van der Waals surface area contributed by atoms with Crippen LogP contribution in [-0.4, -0.2) is 57.3 Å². The highest BCUT2D eigenvalue weighted by molar-refractivity contribution is 14.0. The third kappa shape index (κ3) is 8.03. The van der Waals surface area contributed by atoms with Crippen molar-refractivity contribution in [2.75, 3.05) is 40.8 Å². The van der Waals surface area contributed by atoms with Crippen LogP contribution in [0.4, 0.5) is 0 Å². The number of halogens is 1. The third-order valence-corrected chi connectivity index (χ3v) is 3.47. The average Bonchev–Trinajstić information content (AvgIpc) is 2.98. The van der Waals surface area contributed by atoms with Gasteiger partial charge < -0.3 is 19.8 Å². The predicted octanol–water partition coefficient (Wildman–Crippen LogP) is 2.48. The molecule has 1 unspecified atom stereocenters. The van der Waals surface area contributed by atoms with Crippen LogP contribution in [0.1, 0.15) is 32.6 Å². The highest BCUT2D eigenvalue weighted by Gasteiger charge is 2.18. The number of aliphatic imine (C=N–C) groups is 1. The zero-order valence-corrected chi connectivity index (χ0v) is 17.4. The van der Waals surface area contributed by atoms with E-state index in [0.717, 1.165) is 18.3 Å². The van der Waals surface area contributed by atoms with Crippen molar-refractivity contribution in [2.24, 2.45) is 4.99 Å². The summed E-state index contributed by atoms with van der Waals surface area (Å²) in [7, 11) is 5.77. The fourth-order valence-corrected chi connectivity index (χ4v) is 1.89. The van der Waals surface area contributed by atoms with Gasteiger partial charge in [0.1, 0.15) is 5.76 Å².